The molecule has 1 aliphatic carbocycles. The summed E-state index contributed by atoms with van der Waals surface area (Å²) in [7, 11) is 0. The zero-order chi connectivity index (χ0) is 8.81. The lowest BCUT2D eigenvalue weighted by Gasteiger charge is -2.25. The van der Waals surface area contributed by atoms with Crippen LogP contribution in [0.2, 0.25) is 0 Å². The van der Waals surface area contributed by atoms with E-state index in [4.69, 9.17) is 5.73 Å². The van der Waals surface area contributed by atoms with Gasteiger partial charge < -0.3 is 5.73 Å². The molecule has 0 bridgehead atoms. The second-order valence-electron chi connectivity index (χ2n) is 3.88. The van der Waals surface area contributed by atoms with Crippen LogP contribution in [0.3, 0.4) is 0 Å². The molecule has 12 heavy (non-hydrogen) atoms. The Labute approximate surface area is 76.0 Å². The molecule has 1 saturated carbocycles. The average molecular weight is 167 g/mol. The van der Waals surface area contributed by atoms with Crippen molar-refractivity contribution < 1.29 is 0 Å². The van der Waals surface area contributed by atoms with Crippen molar-refractivity contribution in [2.45, 2.75) is 57.9 Å². The van der Waals surface area contributed by atoms with Crippen LogP contribution in [0.4, 0.5) is 0 Å². The first kappa shape index (κ1) is 9.79. The Morgan fingerprint density at radius 2 is 2.08 bits per heavy atom. The van der Waals surface area contributed by atoms with Gasteiger partial charge in [0.25, 0.3) is 0 Å². The maximum absolute atomic E-state index is 5.68. The monoisotopic (exact) mass is 167 g/mol. The molecular weight excluding hydrogens is 146 g/mol. The zero-order valence-electron chi connectivity index (χ0n) is 8.18. The maximum atomic E-state index is 5.68. The number of allylic oxidation sites excluding steroid dienone is 1. The first-order chi connectivity index (χ1) is 5.83. The van der Waals surface area contributed by atoms with Crippen LogP contribution in [0.5, 0.6) is 0 Å². The summed E-state index contributed by atoms with van der Waals surface area (Å²) >= 11 is 0. The lowest BCUT2D eigenvalue weighted by molar-refractivity contribution is 0.536. The van der Waals surface area contributed by atoms with Crippen LogP contribution in [0.15, 0.2) is 11.6 Å². The first-order valence-electron chi connectivity index (χ1n) is 5.26. The Kier molecular flexibility index (Phi) is 4.37. The zero-order valence-corrected chi connectivity index (χ0v) is 8.18. The molecule has 1 nitrogen and oxygen atoms in total. The molecule has 0 aromatic heterocycles. The summed E-state index contributed by atoms with van der Waals surface area (Å²) in [4.78, 5) is 0. The molecule has 0 amide bonds. The van der Waals surface area contributed by atoms with Crippen LogP contribution < -0.4 is 5.73 Å². The third-order valence-electron chi connectivity index (χ3n) is 2.54. The molecule has 0 radical (unpaired) electrons. The van der Waals surface area contributed by atoms with Gasteiger partial charge in [-0.15, -0.1) is 0 Å². The van der Waals surface area contributed by atoms with E-state index in [-0.39, 0.29) is 0 Å². The molecule has 1 aliphatic rings. The van der Waals surface area contributed by atoms with Crippen LogP contribution in [0.1, 0.15) is 51.9 Å². The van der Waals surface area contributed by atoms with Crippen molar-refractivity contribution in [1.29, 1.82) is 0 Å². The van der Waals surface area contributed by atoms with Gasteiger partial charge in [-0.05, 0) is 25.7 Å². The minimum absolute atomic E-state index is 0.479. The number of hydrogen-bond acceptors (Lipinski definition) is 1. The van der Waals surface area contributed by atoms with Gasteiger partial charge in [0.1, 0.15) is 0 Å². The molecule has 1 fully saturated rings. The third kappa shape index (κ3) is 3.40. The molecule has 1 rings (SSSR count). The van der Waals surface area contributed by atoms with Gasteiger partial charge in [0.15, 0.2) is 0 Å². The predicted molar refractivity (Wildman–Crippen MR) is 54.1 cm³/mol. The van der Waals surface area contributed by atoms with Gasteiger partial charge in [0.2, 0.25) is 0 Å². The SMILES string of the molecule is CCCCCCC=C1CC(N)C1. The average Bonchev–Trinajstić information content (AvgIpc) is 2.00. The Morgan fingerprint density at radius 1 is 1.33 bits per heavy atom. The summed E-state index contributed by atoms with van der Waals surface area (Å²) in [6.45, 7) is 2.25. The van der Waals surface area contributed by atoms with Crippen molar-refractivity contribution in [3.05, 3.63) is 11.6 Å². The van der Waals surface area contributed by atoms with E-state index in [9.17, 15) is 0 Å². The Bertz CT molecular complexity index is 141. The maximum Gasteiger partial charge on any atom is 0.0113 e. The van der Waals surface area contributed by atoms with Crippen LogP contribution >= 0.6 is 0 Å². The summed E-state index contributed by atoms with van der Waals surface area (Å²) in [6, 6.07) is 0.479. The minimum atomic E-state index is 0.479. The highest BCUT2D eigenvalue weighted by Crippen LogP contribution is 2.25. The number of hydrogen-bond donors (Lipinski definition) is 1. The minimum Gasteiger partial charge on any atom is -0.327 e. The number of nitrogens with two attached hydrogens (primary N) is 1. The van der Waals surface area contributed by atoms with Crippen molar-refractivity contribution in [1.82, 2.24) is 0 Å². The Balaban J connectivity index is 1.92. The van der Waals surface area contributed by atoms with Crippen LogP contribution in [0.25, 0.3) is 0 Å². The van der Waals surface area contributed by atoms with Gasteiger partial charge in [0.05, 0.1) is 0 Å². The van der Waals surface area contributed by atoms with Crippen molar-refractivity contribution in [2.75, 3.05) is 0 Å². The fraction of sp³-hybridized carbons (Fsp3) is 0.818. The predicted octanol–water partition coefficient (Wildman–Crippen LogP) is 3.00. The summed E-state index contributed by atoms with van der Waals surface area (Å²) < 4.78 is 0. The fourth-order valence-electron chi connectivity index (χ4n) is 1.66. The van der Waals surface area contributed by atoms with Crippen molar-refractivity contribution in [3.8, 4) is 0 Å². The molecule has 1 heteroatoms. The molecule has 0 aromatic rings. The second-order valence-corrected chi connectivity index (χ2v) is 3.88. The van der Waals surface area contributed by atoms with Gasteiger partial charge in [-0.2, -0.15) is 0 Å². The third-order valence-corrected chi connectivity index (χ3v) is 2.54. The molecule has 0 saturated heterocycles. The van der Waals surface area contributed by atoms with Crippen LogP contribution in [0, 0.1) is 0 Å². The van der Waals surface area contributed by atoms with E-state index >= 15 is 0 Å². The van der Waals surface area contributed by atoms with E-state index in [0.29, 0.717) is 6.04 Å². The quantitative estimate of drug-likeness (QED) is 0.494. The molecule has 0 spiro atoms. The molecule has 0 atom stereocenters. The van der Waals surface area contributed by atoms with E-state index in [0.717, 1.165) is 12.8 Å². The smallest absolute Gasteiger partial charge is 0.0113 e. The largest absolute Gasteiger partial charge is 0.327 e. The van der Waals surface area contributed by atoms with E-state index in [1.165, 1.54) is 32.1 Å². The van der Waals surface area contributed by atoms with Crippen molar-refractivity contribution in [3.63, 3.8) is 0 Å². The highest BCUT2D eigenvalue weighted by Gasteiger charge is 2.17. The molecule has 2 N–H and O–H groups in total. The summed E-state index contributed by atoms with van der Waals surface area (Å²) in [5.74, 6) is 0. The normalized spacial score (nSPS) is 22.2. The van der Waals surface area contributed by atoms with Crippen molar-refractivity contribution >= 4 is 0 Å². The van der Waals surface area contributed by atoms with E-state index in [1.807, 2.05) is 0 Å². The van der Waals surface area contributed by atoms with Crippen molar-refractivity contribution in [2.24, 2.45) is 5.73 Å². The number of unbranched alkanes of at least 4 members (excludes halogenated alkanes) is 4. The lowest BCUT2D eigenvalue weighted by Crippen LogP contribution is -2.30. The van der Waals surface area contributed by atoms with Gasteiger partial charge in [-0.25, -0.2) is 0 Å². The fourth-order valence-corrected chi connectivity index (χ4v) is 1.66. The molecule has 70 valence electrons. The van der Waals surface area contributed by atoms with Gasteiger partial charge in [-0.3, -0.25) is 0 Å². The second kappa shape index (κ2) is 5.36. The molecule has 0 aliphatic heterocycles. The Morgan fingerprint density at radius 3 is 2.67 bits per heavy atom. The van der Waals surface area contributed by atoms with Gasteiger partial charge in [-0.1, -0.05) is 37.8 Å². The van der Waals surface area contributed by atoms with Gasteiger partial charge in [0, 0.05) is 6.04 Å². The topological polar surface area (TPSA) is 26.0 Å². The Hall–Kier alpha value is -0.300. The summed E-state index contributed by atoms with van der Waals surface area (Å²) in [5, 5.41) is 0. The molecular formula is C11H21N. The highest BCUT2D eigenvalue weighted by atomic mass is 14.7. The first-order valence-corrected chi connectivity index (χ1v) is 5.26. The van der Waals surface area contributed by atoms with Crippen LogP contribution in [-0.4, -0.2) is 6.04 Å². The summed E-state index contributed by atoms with van der Waals surface area (Å²) in [6.07, 6.45) is 11.5. The lowest BCUT2D eigenvalue weighted by atomic mass is 9.86. The standard InChI is InChI=1S/C11H21N/c1-2-3-4-5-6-7-10-8-11(12)9-10/h7,11H,2-6,8-9,12H2,1H3. The van der Waals surface area contributed by atoms with E-state index in [2.05, 4.69) is 13.0 Å². The molecule has 0 heterocycles. The highest BCUT2D eigenvalue weighted by molar-refractivity contribution is 5.14. The summed E-state index contributed by atoms with van der Waals surface area (Å²) in [5.41, 5.74) is 7.28. The number of rotatable bonds is 5. The van der Waals surface area contributed by atoms with Gasteiger partial charge >= 0.3 is 0 Å². The van der Waals surface area contributed by atoms with E-state index < -0.39 is 0 Å². The molecule has 0 unspecified atom stereocenters. The van der Waals surface area contributed by atoms with Crippen LogP contribution in [-0.2, 0) is 0 Å². The van der Waals surface area contributed by atoms with E-state index in [1.54, 1.807) is 5.57 Å². The molecule has 0 aromatic carbocycles.